The second-order valence-corrected chi connectivity index (χ2v) is 4.17. The highest BCUT2D eigenvalue weighted by molar-refractivity contribution is 9.10. The van der Waals surface area contributed by atoms with Crippen molar-refractivity contribution in [3.8, 4) is 0 Å². The summed E-state index contributed by atoms with van der Waals surface area (Å²) in [5.74, 6) is 0. The summed E-state index contributed by atoms with van der Waals surface area (Å²) in [5, 5.41) is 1.07. The largest absolute Gasteiger partial charge is 0.388 e. The molecule has 1 aromatic carbocycles. The molecule has 0 unspecified atom stereocenters. The number of nitrogens with two attached hydrogens (primary N) is 1. The lowest BCUT2D eigenvalue weighted by Crippen LogP contribution is -2.12. The van der Waals surface area contributed by atoms with Crippen molar-refractivity contribution in [3.63, 3.8) is 0 Å². The third kappa shape index (κ3) is 1.63. The van der Waals surface area contributed by atoms with Crippen molar-refractivity contribution in [2.75, 3.05) is 0 Å². The van der Waals surface area contributed by atoms with Crippen molar-refractivity contribution in [2.45, 2.75) is 0 Å². The first-order chi connectivity index (χ1) is 6.68. The van der Waals surface area contributed by atoms with Gasteiger partial charge < -0.3 is 5.73 Å². The summed E-state index contributed by atoms with van der Waals surface area (Å²) in [5.41, 5.74) is 7.08. The Balaban J connectivity index is 2.77. The Morgan fingerprint density at radius 2 is 2.07 bits per heavy atom. The molecule has 1 aromatic heterocycles. The van der Waals surface area contributed by atoms with Crippen LogP contribution in [0.3, 0.4) is 0 Å². The van der Waals surface area contributed by atoms with Gasteiger partial charge in [0.15, 0.2) is 0 Å². The molecule has 0 aliphatic carbocycles. The highest BCUT2D eigenvalue weighted by atomic mass is 79.9. The molecule has 0 atom stereocenters. The molecule has 0 radical (unpaired) electrons. The predicted molar refractivity (Wildman–Crippen MR) is 65.3 cm³/mol. The zero-order valence-electron chi connectivity index (χ0n) is 7.20. The minimum absolute atomic E-state index is 0.308. The predicted octanol–water partition coefficient (Wildman–Crippen LogP) is 2.63. The highest BCUT2D eigenvalue weighted by Gasteiger charge is 2.06. The summed E-state index contributed by atoms with van der Waals surface area (Å²) >= 11 is 8.29. The van der Waals surface area contributed by atoms with Gasteiger partial charge in [-0.2, -0.15) is 0 Å². The first-order valence-electron chi connectivity index (χ1n) is 4.03. The van der Waals surface area contributed by atoms with E-state index in [1.54, 1.807) is 0 Å². The van der Waals surface area contributed by atoms with Crippen molar-refractivity contribution >= 4 is 44.0 Å². The van der Waals surface area contributed by atoms with E-state index < -0.39 is 0 Å². The lowest BCUT2D eigenvalue weighted by molar-refractivity contribution is 1.34. The van der Waals surface area contributed by atoms with E-state index in [0.717, 1.165) is 15.4 Å². The topological polar surface area (TPSA) is 38.9 Å². The van der Waals surface area contributed by atoms with E-state index in [0.29, 0.717) is 10.7 Å². The Hall–Kier alpha value is -1.00. The van der Waals surface area contributed by atoms with E-state index in [2.05, 4.69) is 20.9 Å². The van der Waals surface area contributed by atoms with Gasteiger partial charge in [-0.1, -0.05) is 30.4 Å². The number of nitrogens with zero attached hydrogens (tertiary/aromatic N) is 1. The van der Waals surface area contributed by atoms with Gasteiger partial charge in [0.1, 0.15) is 10.7 Å². The third-order valence-electron chi connectivity index (χ3n) is 1.91. The summed E-state index contributed by atoms with van der Waals surface area (Å²) in [4.78, 5) is 4.67. The molecule has 4 heteroatoms. The van der Waals surface area contributed by atoms with E-state index in [9.17, 15) is 0 Å². The van der Waals surface area contributed by atoms with Gasteiger partial charge >= 0.3 is 0 Å². The van der Waals surface area contributed by atoms with Crippen LogP contribution in [0.25, 0.3) is 10.9 Å². The van der Waals surface area contributed by atoms with Gasteiger partial charge in [0.2, 0.25) is 0 Å². The molecule has 2 rings (SSSR count). The van der Waals surface area contributed by atoms with Crippen LogP contribution in [-0.2, 0) is 0 Å². The van der Waals surface area contributed by atoms with Crippen LogP contribution in [0.5, 0.6) is 0 Å². The van der Waals surface area contributed by atoms with Crippen molar-refractivity contribution in [1.82, 2.24) is 4.98 Å². The molecule has 2 aromatic rings. The molecule has 2 nitrogen and oxygen atoms in total. The van der Waals surface area contributed by atoms with Crippen molar-refractivity contribution in [3.05, 3.63) is 40.5 Å². The Morgan fingerprint density at radius 3 is 2.79 bits per heavy atom. The normalized spacial score (nSPS) is 10.4. The fourth-order valence-corrected chi connectivity index (χ4v) is 2.10. The average Bonchev–Trinajstić information content (AvgIpc) is 2.16. The first kappa shape index (κ1) is 9.55. The minimum atomic E-state index is 0.308. The van der Waals surface area contributed by atoms with Crippen LogP contribution in [0.15, 0.2) is 34.8 Å². The summed E-state index contributed by atoms with van der Waals surface area (Å²) < 4.78 is 0.837. The number of hydrogen-bond acceptors (Lipinski definition) is 2. The van der Waals surface area contributed by atoms with Gasteiger partial charge in [0, 0.05) is 9.86 Å². The molecule has 70 valence electrons. The fourth-order valence-electron chi connectivity index (χ4n) is 1.26. The number of hydrogen-bond donors (Lipinski definition) is 1. The van der Waals surface area contributed by atoms with Gasteiger partial charge in [-0.15, -0.1) is 0 Å². The van der Waals surface area contributed by atoms with Crippen molar-refractivity contribution in [2.24, 2.45) is 5.73 Å². The molecule has 0 aliphatic rings. The van der Waals surface area contributed by atoms with Crippen LogP contribution >= 0.6 is 28.1 Å². The second-order valence-electron chi connectivity index (χ2n) is 2.88. The molecule has 2 N–H and O–H groups in total. The van der Waals surface area contributed by atoms with E-state index in [1.165, 1.54) is 0 Å². The molecule has 0 aliphatic heterocycles. The number of fused-ring (bicyclic) bond motifs is 1. The summed E-state index contributed by atoms with van der Waals surface area (Å²) in [6.45, 7) is 0. The molecule has 0 saturated carbocycles. The van der Waals surface area contributed by atoms with E-state index in [-0.39, 0.29) is 0 Å². The maximum atomic E-state index is 5.54. The second kappa shape index (κ2) is 3.63. The molecule has 0 fully saturated rings. The Bertz CT molecular complexity index is 510. The van der Waals surface area contributed by atoms with Crippen molar-refractivity contribution in [1.29, 1.82) is 0 Å². The van der Waals surface area contributed by atoms with E-state index in [4.69, 9.17) is 18.0 Å². The number of para-hydroxylation sites is 1. The molecular formula is C10H7BrN2S. The molecular weight excluding hydrogens is 260 g/mol. The Labute approximate surface area is 95.3 Å². The smallest absolute Gasteiger partial charge is 0.123 e. The molecule has 0 saturated heterocycles. The summed E-state index contributed by atoms with van der Waals surface area (Å²) in [6, 6.07) is 9.81. The lowest BCUT2D eigenvalue weighted by atomic mass is 10.2. The van der Waals surface area contributed by atoms with Crippen LogP contribution < -0.4 is 5.73 Å². The lowest BCUT2D eigenvalue weighted by Gasteiger charge is -2.03. The molecule has 14 heavy (non-hydrogen) atoms. The minimum Gasteiger partial charge on any atom is -0.388 e. The van der Waals surface area contributed by atoms with Gasteiger partial charge in [-0.05, 0) is 28.1 Å². The quantitative estimate of drug-likeness (QED) is 0.807. The first-order valence-corrected chi connectivity index (χ1v) is 5.23. The van der Waals surface area contributed by atoms with Gasteiger partial charge in [-0.25, -0.2) is 4.98 Å². The number of pyridine rings is 1. The Morgan fingerprint density at radius 1 is 1.36 bits per heavy atom. The van der Waals surface area contributed by atoms with Gasteiger partial charge in [0.25, 0.3) is 0 Å². The number of halogens is 1. The fraction of sp³-hybridized carbons (Fsp3) is 0. The number of rotatable bonds is 1. The highest BCUT2D eigenvalue weighted by Crippen LogP contribution is 2.21. The van der Waals surface area contributed by atoms with Crippen LogP contribution in [-0.4, -0.2) is 9.97 Å². The standard InChI is InChI=1S/C10H7BrN2S/c11-7-5-6-3-1-2-4-8(6)13-9(7)10(12)14/h1-5H,(H2,12,14). The average molecular weight is 267 g/mol. The Kier molecular flexibility index (Phi) is 2.48. The zero-order chi connectivity index (χ0) is 10.1. The van der Waals surface area contributed by atoms with Crippen molar-refractivity contribution < 1.29 is 0 Å². The molecule has 0 bridgehead atoms. The monoisotopic (exact) mass is 266 g/mol. The maximum absolute atomic E-state index is 5.54. The van der Waals surface area contributed by atoms with Crippen LogP contribution in [0.4, 0.5) is 0 Å². The summed E-state index contributed by atoms with van der Waals surface area (Å²) in [6.07, 6.45) is 0. The SMILES string of the molecule is NC(=S)c1nc2ccccc2cc1Br. The number of aromatic nitrogens is 1. The zero-order valence-corrected chi connectivity index (χ0v) is 9.60. The van der Waals surface area contributed by atoms with Crippen LogP contribution in [0.2, 0.25) is 0 Å². The van der Waals surface area contributed by atoms with E-state index in [1.807, 2.05) is 30.3 Å². The summed E-state index contributed by atoms with van der Waals surface area (Å²) in [7, 11) is 0. The van der Waals surface area contributed by atoms with E-state index >= 15 is 0 Å². The molecule has 0 spiro atoms. The molecule has 1 heterocycles. The molecule has 0 amide bonds. The maximum Gasteiger partial charge on any atom is 0.123 e. The number of benzene rings is 1. The van der Waals surface area contributed by atoms with Gasteiger partial charge in [-0.3, -0.25) is 0 Å². The number of thiocarbonyl (C=S) groups is 1. The third-order valence-corrected chi connectivity index (χ3v) is 2.71. The van der Waals surface area contributed by atoms with Gasteiger partial charge in [0.05, 0.1) is 5.52 Å². The van der Waals surface area contributed by atoms with Crippen LogP contribution in [0, 0.1) is 0 Å². The van der Waals surface area contributed by atoms with Crippen LogP contribution in [0.1, 0.15) is 5.69 Å².